The summed E-state index contributed by atoms with van der Waals surface area (Å²) < 4.78 is 11.7. The van der Waals surface area contributed by atoms with Crippen molar-refractivity contribution < 1.29 is 14.3 Å². The number of amides is 1. The first-order chi connectivity index (χ1) is 13.4. The minimum atomic E-state index is -0.710. The standard InChI is InChI=1S/C19H26N4O5/c1-5-7-10-23-16(20)15(17(24)21-19(23)26)22(6-2)18(25)13-9-8-12(27-3)11-14(13)28-4/h8-9,11H,5-7,10,20H2,1-4H3,(H,21,24,26). The Hall–Kier alpha value is -3.23. The van der Waals surface area contributed by atoms with Crippen LogP contribution in [0.3, 0.4) is 0 Å². The zero-order valence-corrected chi connectivity index (χ0v) is 16.6. The molecular weight excluding hydrogens is 364 g/mol. The highest BCUT2D eigenvalue weighted by molar-refractivity contribution is 6.09. The first-order valence-electron chi connectivity index (χ1n) is 9.05. The molecule has 152 valence electrons. The number of hydrogen-bond donors (Lipinski definition) is 2. The molecule has 2 aromatic rings. The second kappa shape index (κ2) is 9.12. The average molecular weight is 390 g/mol. The first kappa shape index (κ1) is 21.1. The Labute approximate surface area is 162 Å². The van der Waals surface area contributed by atoms with Gasteiger partial charge in [0.1, 0.15) is 17.3 Å². The van der Waals surface area contributed by atoms with Crippen LogP contribution in [0.5, 0.6) is 11.5 Å². The number of H-pyrrole nitrogens is 1. The van der Waals surface area contributed by atoms with Crippen LogP contribution in [-0.2, 0) is 6.54 Å². The summed E-state index contributed by atoms with van der Waals surface area (Å²) in [7, 11) is 2.95. The van der Waals surface area contributed by atoms with E-state index in [0.29, 0.717) is 24.5 Å². The van der Waals surface area contributed by atoms with Crippen LogP contribution >= 0.6 is 0 Å². The monoisotopic (exact) mass is 390 g/mol. The summed E-state index contributed by atoms with van der Waals surface area (Å²) in [5, 5.41) is 0. The molecule has 3 N–H and O–H groups in total. The number of hydrogen-bond acceptors (Lipinski definition) is 6. The number of carbonyl (C=O) groups excluding carboxylic acids is 1. The number of aromatic nitrogens is 2. The molecule has 0 saturated heterocycles. The molecule has 9 heteroatoms. The molecule has 0 saturated carbocycles. The van der Waals surface area contributed by atoms with Crippen molar-refractivity contribution in [1.82, 2.24) is 9.55 Å². The molecule has 2 rings (SSSR count). The summed E-state index contributed by atoms with van der Waals surface area (Å²) in [6.07, 6.45) is 1.56. The van der Waals surface area contributed by atoms with Gasteiger partial charge in [0.15, 0.2) is 5.69 Å². The molecule has 0 unspecified atom stereocenters. The van der Waals surface area contributed by atoms with E-state index in [1.54, 1.807) is 25.1 Å². The Morgan fingerprint density at radius 2 is 1.93 bits per heavy atom. The normalized spacial score (nSPS) is 10.6. The molecule has 0 atom stereocenters. The lowest BCUT2D eigenvalue weighted by Gasteiger charge is -2.24. The van der Waals surface area contributed by atoms with Gasteiger partial charge in [0.05, 0.1) is 19.8 Å². The second-order valence-corrected chi connectivity index (χ2v) is 6.11. The lowest BCUT2D eigenvalue weighted by molar-refractivity contribution is 0.0985. The van der Waals surface area contributed by atoms with Gasteiger partial charge >= 0.3 is 5.69 Å². The van der Waals surface area contributed by atoms with Crippen LogP contribution in [0.25, 0.3) is 0 Å². The van der Waals surface area contributed by atoms with Gasteiger partial charge in [-0.25, -0.2) is 4.79 Å². The molecule has 0 aliphatic carbocycles. The molecule has 0 bridgehead atoms. The molecule has 28 heavy (non-hydrogen) atoms. The number of rotatable bonds is 8. The molecule has 1 heterocycles. The summed E-state index contributed by atoms with van der Waals surface area (Å²) in [6.45, 7) is 4.22. The number of anilines is 2. The van der Waals surface area contributed by atoms with E-state index in [0.717, 1.165) is 6.42 Å². The van der Waals surface area contributed by atoms with Crippen molar-refractivity contribution in [1.29, 1.82) is 0 Å². The number of ether oxygens (including phenoxy) is 2. The predicted octanol–water partition coefficient (Wildman–Crippen LogP) is 1.60. The number of methoxy groups -OCH3 is 2. The van der Waals surface area contributed by atoms with Crippen molar-refractivity contribution in [2.24, 2.45) is 0 Å². The van der Waals surface area contributed by atoms with E-state index in [4.69, 9.17) is 15.2 Å². The number of nitrogens with zero attached hydrogens (tertiary/aromatic N) is 2. The predicted molar refractivity (Wildman–Crippen MR) is 108 cm³/mol. The van der Waals surface area contributed by atoms with Gasteiger partial charge in [0.2, 0.25) is 0 Å². The largest absolute Gasteiger partial charge is 0.497 e. The molecule has 0 radical (unpaired) electrons. The molecule has 9 nitrogen and oxygen atoms in total. The summed E-state index contributed by atoms with van der Waals surface area (Å²) in [5.41, 5.74) is 5.02. The SMILES string of the molecule is CCCCn1c(N)c(N(CC)C(=O)c2ccc(OC)cc2OC)c(=O)[nH]c1=O. The summed E-state index contributed by atoms with van der Waals surface area (Å²) in [4.78, 5) is 41.3. The fraction of sp³-hybridized carbons (Fsp3) is 0.421. The van der Waals surface area contributed by atoms with Crippen molar-refractivity contribution in [3.63, 3.8) is 0 Å². The number of nitrogens with one attached hydrogen (secondary N) is 1. The van der Waals surface area contributed by atoms with Crippen molar-refractivity contribution >= 4 is 17.4 Å². The van der Waals surface area contributed by atoms with E-state index in [2.05, 4.69) is 4.98 Å². The van der Waals surface area contributed by atoms with Crippen molar-refractivity contribution in [3.05, 3.63) is 44.6 Å². The molecule has 1 aromatic carbocycles. The number of unbranched alkanes of at least 4 members (excludes halogenated alkanes) is 1. The lowest BCUT2D eigenvalue weighted by Crippen LogP contribution is -2.41. The zero-order chi connectivity index (χ0) is 20.8. The highest BCUT2D eigenvalue weighted by atomic mass is 16.5. The first-order valence-corrected chi connectivity index (χ1v) is 9.05. The van der Waals surface area contributed by atoms with E-state index < -0.39 is 17.2 Å². The van der Waals surface area contributed by atoms with E-state index in [1.807, 2.05) is 6.92 Å². The maximum Gasteiger partial charge on any atom is 0.330 e. The fourth-order valence-corrected chi connectivity index (χ4v) is 2.90. The summed E-state index contributed by atoms with van der Waals surface area (Å²) in [6, 6.07) is 4.76. The molecular formula is C19H26N4O5. The highest BCUT2D eigenvalue weighted by Gasteiger charge is 2.26. The summed E-state index contributed by atoms with van der Waals surface area (Å²) in [5.74, 6) is 0.323. The van der Waals surface area contributed by atoms with Gasteiger partial charge in [-0.15, -0.1) is 0 Å². The number of benzene rings is 1. The minimum absolute atomic E-state index is 0.0371. The van der Waals surface area contributed by atoms with Gasteiger partial charge in [-0.1, -0.05) is 13.3 Å². The van der Waals surface area contributed by atoms with Gasteiger partial charge in [-0.3, -0.25) is 19.1 Å². The van der Waals surface area contributed by atoms with Crippen molar-refractivity contribution in [3.8, 4) is 11.5 Å². The Morgan fingerprint density at radius 1 is 1.21 bits per heavy atom. The number of aromatic amines is 1. The second-order valence-electron chi connectivity index (χ2n) is 6.11. The van der Waals surface area contributed by atoms with Crippen LogP contribution in [0.4, 0.5) is 11.5 Å². The van der Waals surface area contributed by atoms with Crippen LogP contribution in [0.2, 0.25) is 0 Å². The Kier molecular flexibility index (Phi) is 6.86. The highest BCUT2D eigenvalue weighted by Crippen LogP contribution is 2.28. The Morgan fingerprint density at radius 3 is 2.50 bits per heavy atom. The quantitative estimate of drug-likeness (QED) is 0.706. The van der Waals surface area contributed by atoms with Gasteiger partial charge in [0.25, 0.3) is 11.5 Å². The molecule has 1 aromatic heterocycles. The van der Waals surface area contributed by atoms with Crippen molar-refractivity contribution in [2.75, 3.05) is 31.4 Å². The third-order valence-electron chi connectivity index (χ3n) is 4.42. The van der Waals surface area contributed by atoms with Gasteiger partial charge < -0.3 is 20.1 Å². The number of nitrogens with two attached hydrogens (primary N) is 1. The lowest BCUT2D eigenvalue weighted by atomic mass is 10.1. The Bertz CT molecular complexity index is 964. The third-order valence-corrected chi connectivity index (χ3v) is 4.42. The molecule has 0 spiro atoms. The zero-order valence-electron chi connectivity index (χ0n) is 16.6. The van der Waals surface area contributed by atoms with Crippen LogP contribution in [0.15, 0.2) is 27.8 Å². The summed E-state index contributed by atoms with van der Waals surface area (Å²) >= 11 is 0. The fourth-order valence-electron chi connectivity index (χ4n) is 2.90. The molecule has 1 amide bonds. The molecule has 0 aliphatic heterocycles. The van der Waals surface area contributed by atoms with E-state index >= 15 is 0 Å². The van der Waals surface area contributed by atoms with Gasteiger partial charge in [-0.05, 0) is 25.5 Å². The maximum atomic E-state index is 13.2. The van der Waals surface area contributed by atoms with Crippen LogP contribution in [0.1, 0.15) is 37.0 Å². The van der Waals surface area contributed by atoms with Crippen LogP contribution in [-0.4, -0.2) is 36.2 Å². The minimum Gasteiger partial charge on any atom is -0.497 e. The number of carbonyl (C=O) groups is 1. The van der Waals surface area contributed by atoms with Crippen molar-refractivity contribution in [2.45, 2.75) is 33.2 Å². The van der Waals surface area contributed by atoms with Gasteiger partial charge in [-0.2, -0.15) is 0 Å². The molecule has 0 fully saturated rings. The van der Waals surface area contributed by atoms with E-state index in [1.165, 1.54) is 23.7 Å². The molecule has 0 aliphatic rings. The topological polar surface area (TPSA) is 120 Å². The van der Waals surface area contributed by atoms with E-state index in [9.17, 15) is 14.4 Å². The van der Waals surface area contributed by atoms with E-state index in [-0.39, 0.29) is 23.6 Å². The maximum absolute atomic E-state index is 13.2. The van der Waals surface area contributed by atoms with Gasteiger partial charge in [0, 0.05) is 19.2 Å². The third kappa shape index (κ3) is 4.03. The number of nitrogen functional groups attached to an aromatic ring is 1. The smallest absolute Gasteiger partial charge is 0.330 e. The Balaban J connectivity index is 2.58. The van der Waals surface area contributed by atoms with Crippen LogP contribution in [0, 0.1) is 0 Å². The average Bonchev–Trinajstić information content (AvgIpc) is 2.69. The van der Waals surface area contributed by atoms with Crippen LogP contribution < -0.4 is 31.4 Å².